The van der Waals surface area contributed by atoms with E-state index in [0.29, 0.717) is 0 Å². The Labute approximate surface area is 114 Å². The quantitative estimate of drug-likeness (QED) is 0.634. The van der Waals surface area contributed by atoms with E-state index in [1.54, 1.807) is 0 Å². The van der Waals surface area contributed by atoms with E-state index in [2.05, 4.69) is 9.72 Å². The van der Waals surface area contributed by atoms with Gasteiger partial charge in [0.25, 0.3) is 0 Å². The van der Waals surface area contributed by atoms with Crippen LogP contribution in [0.3, 0.4) is 0 Å². The Bertz CT molecular complexity index is 640. The van der Waals surface area contributed by atoms with Crippen molar-refractivity contribution in [2.75, 3.05) is 7.11 Å². The predicted octanol–water partition coefficient (Wildman–Crippen LogP) is 2.23. The molecule has 5 nitrogen and oxygen atoms in total. The third-order valence-electron chi connectivity index (χ3n) is 2.38. The van der Waals surface area contributed by atoms with Crippen LogP contribution in [0.4, 0.5) is 4.39 Å². The second kappa shape index (κ2) is 5.92. The molecule has 0 fully saturated rings. The number of pyridine rings is 1. The van der Waals surface area contributed by atoms with Crippen molar-refractivity contribution in [1.29, 1.82) is 0 Å². The lowest BCUT2D eigenvalue weighted by atomic mass is 10.3. The molecule has 2 rings (SSSR count). The van der Waals surface area contributed by atoms with E-state index in [4.69, 9.17) is 4.74 Å². The van der Waals surface area contributed by atoms with Gasteiger partial charge in [-0.3, -0.25) is 0 Å². The largest absolute Gasteiger partial charge is 0.464 e. The number of esters is 2. The Morgan fingerprint density at radius 2 is 1.60 bits per heavy atom. The highest BCUT2D eigenvalue weighted by molar-refractivity contribution is 5.92. The number of carbonyl (C=O) groups excluding carboxylic acids is 2. The van der Waals surface area contributed by atoms with Crippen molar-refractivity contribution >= 4 is 11.9 Å². The van der Waals surface area contributed by atoms with Crippen molar-refractivity contribution in [3.8, 4) is 5.75 Å². The lowest BCUT2D eigenvalue weighted by Crippen LogP contribution is -2.13. The molecular weight excluding hydrogens is 265 g/mol. The molecule has 0 amide bonds. The van der Waals surface area contributed by atoms with Crippen LogP contribution >= 0.6 is 0 Å². The summed E-state index contributed by atoms with van der Waals surface area (Å²) in [5.74, 6) is -1.65. The van der Waals surface area contributed by atoms with Gasteiger partial charge in [0.15, 0.2) is 0 Å². The van der Waals surface area contributed by atoms with Crippen LogP contribution in [0.5, 0.6) is 5.75 Å². The molecule has 1 heterocycles. The zero-order chi connectivity index (χ0) is 14.5. The second-order valence-electron chi connectivity index (χ2n) is 3.74. The minimum absolute atomic E-state index is 0.000978. The van der Waals surface area contributed by atoms with E-state index in [0.717, 1.165) is 0 Å². The molecule has 2 aromatic rings. The Morgan fingerprint density at radius 3 is 2.20 bits per heavy atom. The monoisotopic (exact) mass is 275 g/mol. The fraction of sp³-hybridized carbons (Fsp3) is 0.0714. The first-order chi connectivity index (χ1) is 9.60. The third-order valence-corrected chi connectivity index (χ3v) is 2.38. The summed E-state index contributed by atoms with van der Waals surface area (Å²) in [4.78, 5) is 27.0. The highest BCUT2D eigenvalue weighted by atomic mass is 19.1. The molecule has 0 N–H and O–H groups in total. The number of hydrogen-bond acceptors (Lipinski definition) is 5. The van der Waals surface area contributed by atoms with Crippen molar-refractivity contribution in [3.05, 3.63) is 59.7 Å². The summed E-state index contributed by atoms with van der Waals surface area (Å²) in [6.07, 6.45) is 0. The maximum Gasteiger partial charge on any atom is 0.362 e. The van der Waals surface area contributed by atoms with Gasteiger partial charge in [0.2, 0.25) is 0 Å². The van der Waals surface area contributed by atoms with E-state index in [9.17, 15) is 14.0 Å². The number of halogens is 1. The highest BCUT2D eigenvalue weighted by Crippen LogP contribution is 2.13. The number of nitrogens with zero attached hydrogens (tertiary/aromatic N) is 1. The Balaban J connectivity index is 2.17. The molecule has 0 bridgehead atoms. The maximum atomic E-state index is 12.7. The average Bonchev–Trinajstić information content (AvgIpc) is 2.49. The van der Waals surface area contributed by atoms with E-state index in [1.165, 1.54) is 49.6 Å². The number of hydrogen-bond donors (Lipinski definition) is 0. The average molecular weight is 275 g/mol. The molecule has 1 aromatic carbocycles. The summed E-state index contributed by atoms with van der Waals surface area (Å²) in [6, 6.07) is 9.27. The second-order valence-corrected chi connectivity index (χ2v) is 3.74. The van der Waals surface area contributed by atoms with Crippen molar-refractivity contribution in [2.45, 2.75) is 0 Å². The number of ether oxygens (including phenoxy) is 2. The summed E-state index contributed by atoms with van der Waals surface area (Å²) in [6.45, 7) is 0. The van der Waals surface area contributed by atoms with Gasteiger partial charge in [-0.1, -0.05) is 6.07 Å². The van der Waals surface area contributed by atoms with Crippen LogP contribution in [0, 0.1) is 5.82 Å². The van der Waals surface area contributed by atoms with Crippen LogP contribution in [0.2, 0.25) is 0 Å². The van der Waals surface area contributed by atoms with E-state index in [1.807, 2.05) is 0 Å². The molecule has 0 aliphatic rings. The molecule has 0 unspecified atom stereocenters. The zero-order valence-electron chi connectivity index (χ0n) is 10.5. The molecule has 0 spiro atoms. The van der Waals surface area contributed by atoms with Gasteiger partial charge < -0.3 is 9.47 Å². The summed E-state index contributed by atoms with van der Waals surface area (Å²) < 4.78 is 22.2. The first-order valence-corrected chi connectivity index (χ1v) is 5.63. The molecule has 0 aliphatic heterocycles. The number of rotatable bonds is 3. The van der Waals surface area contributed by atoms with E-state index < -0.39 is 17.8 Å². The van der Waals surface area contributed by atoms with Crippen LogP contribution in [0.15, 0.2) is 42.5 Å². The van der Waals surface area contributed by atoms with Gasteiger partial charge in [0, 0.05) is 0 Å². The molecule has 0 aliphatic carbocycles. The first-order valence-electron chi connectivity index (χ1n) is 5.63. The molecule has 20 heavy (non-hydrogen) atoms. The van der Waals surface area contributed by atoms with Gasteiger partial charge in [-0.05, 0) is 36.4 Å². The van der Waals surface area contributed by atoms with Crippen LogP contribution in [0.25, 0.3) is 0 Å². The standard InChI is InChI=1S/C14H10FNO4/c1-19-13(17)11-3-2-4-12(16-11)14(18)20-10-7-5-9(15)6-8-10/h2-8H,1H3. The predicted molar refractivity (Wildman–Crippen MR) is 66.9 cm³/mol. The topological polar surface area (TPSA) is 65.5 Å². The smallest absolute Gasteiger partial charge is 0.362 e. The summed E-state index contributed by atoms with van der Waals surface area (Å²) in [7, 11) is 1.22. The van der Waals surface area contributed by atoms with Crippen LogP contribution in [-0.2, 0) is 4.74 Å². The van der Waals surface area contributed by atoms with Crippen molar-refractivity contribution in [3.63, 3.8) is 0 Å². The van der Waals surface area contributed by atoms with Gasteiger partial charge >= 0.3 is 11.9 Å². The SMILES string of the molecule is COC(=O)c1cccc(C(=O)Oc2ccc(F)cc2)n1. The van der Waals surface area contributed by atoms with Gasteiger partial charge in [-0.25, -0.2) is 19.0 Å². The molecule has 6 heteroatoms. The van der Waals surface area contributed by atoms with Crippen LogP contribution in [0.1, 0.15) is 21.0 Å². The summed E-state index contributed by atoms with van der Waals surface area (Å²) >= 11 is 0. The maximum absolute atomic E-state index is 12.7. The molecule has 0 saturated heterocycles. The lowest BCUT2D eigenvalue weighted by molar-refractivity contribution is 0.0593. The molecule has 0 saturated carbocycles. The molecule has 0 radical (unpaired) electrons. The summed E-state index contributed by atoms with van der Waals surface area (Å²) in [5, 5.41) is 0. The number of methoxy groups -OCH3 is 1. The van der Waals surface area contributed by atoms with Crippen molar-refractivity contribution < 1.29 is 23.5 Å². The van der Waals surface area contributed by atoms with Crippen LogP contribution < -0.4 is 4.74 Å². The van der Waals surface area contributed by atoms with Gasteiger partial charge in [-0.15, -0.1) is 0 Å². The van der Waals surface area contributed by atoms with E-state index >= 15 is 0 Å². The van der Waals surface area contributed by atoms with Crippen molar-refractivity contribution in [2.24, 2.45) is 0 Å². The Morgan fingerprint density at radius 1 is 1.00 bits per heavy atom. The minimum atomic E-state index is -0.748. The van der Waals surface area contributed by atoms with Crippen LogP contribution in [-0.4, -0.2) is 24.0 Å². The van der Waals surface area contributed by atoms with Crippen molar-refractivity contribution in [1.82, 2.24) is 4.98 Å². The van der Waals surface area contributed by atoms with Gasteiger partial charge in [-0.2, -0.15) is 0 Å². The molecule has 102 valence electrons. The molecule has 0 atom stereocenters. The number of benzene rings is 1. The minimum Gasteiger partial charge on any atom is -0.464 e. The zero-order valence-corrected chi connectivity index (χ0v) is 10.5. The molecular formula is C14H10FNO4. The highest BCUT2D eigenvalue weighted by Gasteiger charge is 2.14. The third kappa shape index (κ3) is 3.17. The fourth-order valence-electron chi connectivity index (χ4n) is 1.43. The molecule has 1 aromatic heterocycles. The van der Waals surface area contributed by atoms with Gasteiger partial charge in [0.05, 0.1) is 7.11 Å². The number of aromatic nitrogens is 1. The Hall–Kier alpha value is -2.76. The Kier molecular flexibility index (Phi) is 4.05. The normalized spacial score (nSPS) is 9.90. The number of carbonyl (C=O) groups is 2. The van der Waals surface area contributed by atoms with Gasteiger partial charge in [0.1, 0.15) is 23.0 Å². The first kappa shape index (κ1) is 13.7. The lowest BCUT2D eigenvalue weighted by Gasteiger charge is -2.04. The van der Waals surface area contributed by atoms with E-state index in [-0.39, 0.29) is 17.1 Å². The summed E-state index contributed by atoms with van der Waals surface area (Å²) in [5.41, 5.74) is -0.0433. The fourth-order valence-corrected chi connectivity index (χ4v) is 1.43.